The van der Waals surface area contributed by atoms with E-state index in [0.717, 1.165) is 16.0 Å². The van der Waals surface area contributed by atoms with Crippen LogP contribution in [0.25, 0.3) is 16.0 Å². The number of aromatic nitrogens is 2. The van der Waals surface area contributed by atoms with Crippen LogP contribution in [0.2, 0.25) is 0 Å². The van der Waals surface area contributed by atoms with E-state index in [1.54, 1.807) is 12.4 Å². The van der Waals surface area contributed by atoms with Crippen LogP contribution >= 0.6 is 11.3 Å². The van der Waals surface area contributed by atoms with E-state index in [-0.39, 0.29) is 11.5 Å². The molecule has 0 saturated carbocycles. The van der Waals surface area contributed by atoms with Gasteiger partial charge in [0.1, 0.15) is 22.0 Å². The fraction of sp³-hybridized carbons (Fsp3) is 0.0769. The number of para-hydroxylation sites is 2. The number of benzene rings is 1. The van der Waals surface area contributed by atoms with E-state index in [4.69, 9.17) is 0 Å². The second-order valence-electron chi connectivity index (χ2n) is 3.96. The first-order valence-electron chi connectivity index (χ1n) is 5.43. The van der Waals surface area contributed by atoms with Crippen molar-refractivity contribution in [3.05, 3.63) is 41.5 Å². The molecule has 0 aliphatic heterocycles. The number of thiophene rings is 1. The lowest BCUT2D eigenvalue weighted by Gasteiger charge is -1.98. The summed E-state index contributed by atoms with van der Waals surface area (Å²) in [6.45, 7) is 1.45. The van der Waals surface area contributed by atoms with Crippen molar-refractivity contribution < 1.29 is 9.90 Å². The van der Waals surface area contributed by atoms with Gasteiger partial charge in [0.15, 0.2) is 5.78 Å². The Morgan fingerprint density at radius 1 is 1.39 bits per heavy atom. The third kappa shape index (κ3) is 1.60. The van der Waals surface area contributed by atoms with Crippen molar-refractivity contribution in [3.8, 4) is 10.8 Å². The van der Waals surface area contributed by atoms with Gasteiger partial charge in [-0.15, -0.1) is 11.3 Å². The zero-order chi connectivity index (χ0) is 12.7. The molecule has 0 saturated heterocycles. The monoisotopic (exact) mass is 258 g/mol. The maximum atomic E-state index is 11.3. The van der Waals surface area contributed by atoms with Crippen molar-refractivity contribution >= 4 is 28.2 Å². The van der Waals surface area contributed by atoms with Crippen LogP contribution in [0.15, 0.2) is 36.7 Å². The molecule has 2 aromatic heterocycles. The molecule has 3 aromatic rings. The van der Waals surface area contributed by atoms with Crippen LogP contribution in [0.5, 0.6) is 5.75 Å². The highest BCUT2D eigenvalue weighted by Gasteiger charge is 2.14. The zero-order valence-electron chi connectivity index (χ0n) is 9.62. The van der Waals surface area contributed by atoms with Crippen LogP contribution in [0.4, 0.5) is 0 Å². The lowest BCUT2D eigenvalue weighted by Crippen LogP contribution is -1.87. The normalized spacial score (nSPS) is 10.9. The number of rotatable bonds is 2. The average Bonchev–Trinajstić information content (AvgIpc) is 2.92. The molecule has 1 N–H and O–H groups in total. The van der Waals surface area contributed by atoms with Crippen LogP contribution in [-0.4, -0.2) is 20.4 Å². The maximum absolute atomic E-state index is 11.3. The van der Waals surface area contributed by atoms with Gasteiger partial charge >= 0.3 is 0 Å². The second-order valence-corrected chi connectivity index (χ2v) is 4.99. The van der Waals surface area contributed by atoms with Crippen molar-refractivity contribution in [2.45, 2.75) is 6.92 Å². The predicted molar refractivity (Wildman–Crippen MR) is 70.6 cm³/mol. The molecule has 0 spiro atoms. The molecule has 18 heavy (non-hydrogen) atoms. The summed E-state index contributed by atoms with van der Waals surface area (Å²) in [5.74, 6) is -0.103. The third-order valence-electron chi connectivity index (χ3n) is 2.71. The third-order valence-corrected chi connectivity index (χ3v) is 3.93. The maximum Gasteiger partial charge on any atom is 0.173 e. The second kappa shape index (κ2) is 3.96. The van der Waals surface area contributed by atoms with Crippen molar-refractivity contribution in [3.63, 3.8) is 0 Å². The van der Waals surface area contributed by atoms with Gasteiger partial charge < -0.3 is 5.11 Å². The molecular formula is C13H10N2O2S. The SMILES string of the molecule is CC(=O)c1sc(-n2cnc3ccccc32)cc1O. The molecule has 0 fully saturated rings. The van der Waals surface area contributed by atoms with Crippen LogP contribution < -0.4 is 0 Å². The summed E-state index contributed by atoms with van der Waals surface area (Å²) in [4.78, 5) is 16.0. The first-order chi connectivity index (χ1) is 8.66. The van der Waals surface area contributed by atoms with E-state index in [2.05, 4.69) is 4.98 Å². The van der Waals surface area contributed by atoms with Gasteiger partial charge in [-0.25, -0.2) is 4.98 Å². The van der Waals surface area contributed by atoms with E-state index in [0.29, 0.717) is 4.88 Å². The number of ketones is 1. The number of hydrogen-bond donors (Lipinski definition) is 1. The topological polar surface area (TPSA) is 55.1 Å². The summed E-state index contributed by atoms with van der Waals surface area (Å²) in [6.07, 6.45) is 1.69. The Morgan fingerprint density at radius 2 is 2.17 bits per heavy atom. The molecule has 0 aliphatic rings. The van der Waals surface area contributed by atoms with Gasteiger partial charge in [0.25, 0.3) is 0 Å². The van der Waals surface area contributed by atoms with Gasteiger partial charge in [0.2, 0.25) is 0 Å². The summed E-state index contributed by atoms with van der Waals surface area (Å²) in [5.41, 5.74) is 1.84. The number of carbonyl (C=O) groups excluding carboxylic acids is 1. The largest absolute Gasteiger partial charge is 0.506 e. The Hall–Kier alpha value is -2.14. The van der Waals surface area contributed by atoms with Gasteiger partial charge in [-0.1, -0.05) is 12.1 Å². The van der Waals surface area contributed by atoms with Crippen LogP contribution in [0, 0.1) is 0 Å². The fourth-order valence-electron chi connectivity index (χ4n) is 1.87. The van der Waals surface area contributed by atoms with Gasteiger partial charge in [-0.3, -0.25) is 9.36 Å². The Balaban J connectivity index is 2.20. The molecular weight excluding hydrogens is 248 g/mol. The smallest absolute Gasteiger partial charge is 0.173 e. The number of fused-ring (bicyclic) bond motifs is 1. The molecule has 0 amide bonds. The highest BCUT2D eigenvalue weighted by molar-refractivity contribution is 7.16. The summed E-state index contributed by atoms with van der Waals surface area (Å²) in [5, 5.41) is 10.5. The highest BCUT2D eigenvalue weighted by Crippen LogP contribution is 2.32. The van der Waals surface area contributed by atoms with Crippen molar-refractivity contribution in [1.29, 1.82) is 0 Å². The quantitative estimate of drug-likeness (QED) is 0.719. The van der Waals surface area contributed by atoms with Crippen LogP contribution in [0.1, 0.15) is 16.6 Å². The van der Waals surface area contributed by atoms with Gasteiger partial charge in [-0.05, 0) is 12.1 Å². The Labute approximate surface area is 107 Å². The van der Waals surface area contributed by atoms with E-state index >= 15 is 0 Å². The summed E-state index contributed by atoms with van der Waals surface area (Å²) < 4.78 is 1.87. The van der Waals surface area contributed by atoms with E-state index in [9.17, 15) is 9.90 Å². The molecule has 0 bridgehead atoms. The summed E-state index contributed by atoms with van der Waals surface area (Å²) in [6, 6.07) is 9.32. The number of imidazole rings is 1. The lowest BCUT2D eigenvalue weighted by molar-refractivity contribution is 0.101. The van der Waals surface area contributed by atoms with Gasteiger partial charge in [0, 0.05) is 13.0 Å². The van der Waals surface area contributed by atoms with E-state index in [1.807, 2.05) is 28.8 Å². The number of hydrogen-bond acceptors (Lipinski definition) is 4. The summed E-state index contributed by atoms with van der Waals surface area (Å²) in [7, 11) is 0. The van der Waals surface area contributed by atoms with Gasteiger partial charge in [0.05, 0.1) is 11.0 Å². The molecule has 3 rings (SSSR count). The van der Waals surface area contributed by atoms with Crippen molar-refractivity contribution in [2.24, 2.45) is 0 Å². The van der Waals surface area contributed by atoms with Crippen molar-refractivity contribution in [1.82, 2.24) is 9.55 Å². The molecule has 0 radical (unpaired) electrons. The molecule has 4 nitrogen and oxygen atoms in total. The number of carbonyl (C=O) groups is 1. The average molecular weight is 258 g/mol. The highest BCUT2D eigenvalue weighted by atomic mass is 32.1. The zero-order valence-corrected chi connectivity index (χ0v) is 10.4. The predicted octanol–water partition coefficient (Wildman–Crippen LogP) is 3.00. The number of nitrogens with zero attached hydrogens (tertiary/aromatic N) is 2. The molecule has 1 aromatic carbocycles. The van der Waals surface area contributed by atoms with E-state index in [1.165, 1.54) is 18.3 Å². The van der Waals surface area contributed by atoms with Crippen LogP contribution in [0.3, 0.4) is 0 Å². The summed E-state index contributed by atoms with van der Waals surface area (Å²) >= 11 is 1.26. The molecule has 2 heterocycles. The molecule has 0 aliphatic carbocycles. The minimum absolute atomic E-state index is 0.0280. The molecule has 0 unspecified atom stereocenters. The van der Waals surface area contributed by atoms with Gasteiger partial charge in [-0.2, -0.15) is 0 Å². The molecule has 5 heteroatoms. The lowest BCUT2D eigenvalue weighted by atomic mass is 10.3. The number of aromatic hydroxyl groups is 1. The minimum atomic E-state index is -0.131. The van der Waals surface area contributed by atoms with E-state index < -0.39 is 0 Å². The Morgan fingerprint density at radius 3 is 2.89 bits per heavy atom. The Kier molecular flexibility index (Phi) is 2.41. The number of Topliss-reactive ketones (excluding diaryl/α,β-unsaturated/α-hetero) is 1. The standard InChI is InChI=1S/C13H10N2O2S/c1-8(16)13-11(17)6-12(18-13)15-7-14-9-4-2-3-5-10(9)15/h2-7,17H,1H3. The first kappa shape index (κ1) is 11.0. The first-order valence-corrected chi connectivity index (χ1v) is 6.24. The van der Waals surface area contributed by atoms with Crippen molar-refractivity contribution in [2.75, 3.05) is 0 Å². The molecule has 0 atom stereocenters. The van der Waals surface area contributed by atoms with Crippen LogP contribution in [-0.2, 0) is 0 Å². The molecule has 90 valence electrons. The Bertz CT molecular complexity index is 742. The minimum Gasteiger partial charge on any atom is -0.506 e. The fourth-order valence-corrected chi connectivity index (χ4v) is 2.81.